The van der Waals surface area contributed by atoms with Gasteiger partial charge in [0.1, 0.15) is 0 Å². The number of likely N-dealkylation sites (tertiary alicyclic amines) is 1. The molecule has 0 aliphatic carbocycles. The molecule has 0 spiro atoms. The van der Waals surface area contributed by atoms with E-state index < -0.39 is 0 Å². The van der Waals surface area contributed by atoms with Crippen molar-refractivity contribution in [2.24, 2.45) is 5.41 Å². The number of hydrogen-bond donors (Lipinski definition) is 1. The van der Waals surface area contributed by atoms with Gasteiger partial charge < -0.3 is 15.0 Å². The molecule has 3 heteroatoms. The van der Waals surface area contributed by atoms with Crippen LogP contribution in [0.3, 0.4) is 0 Å². The van der Waals surface area contributed by atoms with E-state index in [2.05, 4.69) is 31.1 Å². The third kappa shape index (κ3) is 2.10. The molecule has 2 fully saturated rings. The Morgan fingerprint density at radius 2 is 2.21 bits per heavy atom. The second-order valence-corrected chi connectivity index (χ2v) is 5.41. The molecule has 0 bridgehead atoms. The molecule has 0 radical (unpaired) electrons. The third-order valence-corrected chi connectivity index (χ3v) is 3.61. The van der Waals surface area contributed by atoms with Crippen molar-refractivity contribution < 1.29 is 4.74 Å². The van der Waals surface area contributed by atoms with Gasteiger partial charge in [0.15, 0.2) is 0 Å². The molecule has 0 aromatic rings. The average molecular weight is 198 g/mol. The highest BCUT2D eigenvalue weighted by atomic mass is 16.5. The van der Waals surface area contributed by atoms with Gasteiger partial charge in [0.05, 0.1) is 13.2 Å². The first-order valence-electron chi connectivity index (χ1n) is 5.60. The Morgan fingerprint density at radius 3 is 2.64 bits per heavy atom. The van der Waals surface area contributed by atoms with Crippen LogP contribution in [0.2, 0.25) is 0 Å². The van der Waals surface area contributed by atoms with Gasteiger partial charge in [-0.05, 0) is 20.4 Å². The summed E-state index contributed by atoms with van der Waals surface area (Å²) in [6.07, 6.45) is 1.29. The Bertz CT molecular complexity index is 193. The van der Waals surface area contributed by atoms with Crippen molar-refractivity contribution in [1.82, 2.24) is 10.2 Å². The summed E-state index contributed by atoms with van der Waals surface area (Å²) in [7, 11) is 2.21. The van der Waals surface area contributed by atoms with Crippen molar-refractivity contribution >= 4 is 0 Å². The molecule has 2 aliphatic heterocycles. The smallest absolute Gasteiger partial charge is 0.0554 e. The van der Waals surface area contributed by atoms with Gasteiger partial charge in [-0.3, -0.25) is 0 Å². The first kappa shape index (κ1) is 10.4. The summed E-state index contributed by atoms with van der Waals surface area (Å²) < 4.78 is 5.24. The predicted octanol–water partition coefficient (Wildman–Crippen LogP) is 0.705. The van der Waals surface area contributed by atoms with Gasteiger partial charge in [-0.1, -0.05) is 6.92 Å². The molecule has 0 aromatic carbocycles. The fourth-order valence-corrected chi connectivity index (χ4v) is 2.29. The van der Waals surface area contributed by atoms with Crippen LogP contribution in [0.4, 0.5) is 0 Å². The van der Waals surface area contributed by atoms with Crippen molar-refractivity contribution in [2.45, 2.75) is 32.4 Å². The van der Waals surface area contributed by atoms with E-state index >= 15 is 0 Å². The van der Waals surface area contributed by atoms with Crippen molar-refractivity contribution in [1.29, 1.82) is 0 Å². The molecule has 2 saturated heterocycles. The van der Waals surface area contributed by atoms with Crippen LogP contribution in [-0.2, 0) is 4.74 Å². The second kappa shape index (κ2) is 3.80. The number of ether oxygens (including phenoxy) is 1. The Kier molecular flexibility index (Phi) is 2.82. The fourth-order valence-electron chi connectivity index (χ4n) is 2.29. The summed E-state index contributed by atoms with van der Waals surface area (Å²) in [5.41, 5.74) is 0.407. The zero-order chi connectivity index (χ0) is 10.2. The average Bonchev–Trinajstić information content (AvgIpc) is 2.40. The number of nitrogens with one attached hydrogen (secondary N) is 1. The van der Waals surface area contributed by atoms with Crippen LogP contribution < -0.4 is 5.32 Å². The lowest BCUT2D eigenvalue weighted by Crippen LogP contribution is -2.49. The van der Waals surface area contributed by atoms with Crippen molar-refractivity contribution in [3.05, 3.63) is 0 Å². The van der Waals surface area contributed by atoms with E-state index in [-0.39, 0.29) is 0 Å². The van der Waals surface area contributed by atoms with Gasteiger partial charge in [0, 0.05) is 30.6 Å². The van der Waals surface area contributed by atoms with E-state index in [1.165, 1.54) is 13.0 Å². The van der Waals surface area contributed by atoms with E-state index in [0.717, 1.165) is 25.8 Å². The molecule has 1 N–H and O–H groups in total. The molecule has 0 aromatic heterocycles. The van der Waals surface area contributed by atoms with Crippen LogP contribution in [0.15, 0.2) is 0 Å². The zero-order valence-corrected chi connectivity index (χ0v) is 9.55. The molecular weight excluding hydrogens is 176 g/mol. The van der Waals surface area contributed by atoms with Gasteiger partial charge in [-0.15, -0.1) is 0 Å². The molecule has 2 aliphatic rings. The minimum atomic E-state index is 0.407. The number of hydrogen-bond acceptors (Lipinski definition) is 3. The van der Waals surface area contributed by atoms with E-state index in [9.17, 15) is 0 Å². The van der Waals surface area contributed by atoms with Gasteiger partial charge in [0.2, 0.25) is 0 Å². The minimum absolute atomic E-state index is 0.407. The Labute approximate surface area is 86.8 Å². The Morgan fingerprint density at radius 1 is 1.50 bits per heavy atom. The lowest BCUT2D eigenvalue weighted by atomic mass is 9.88. The fraction of sp³-hybridized carbons (Fsp3) is 1.00. The maximum atomic E-state index is 5.24. The Balaban J connectivity index is 1.71. The number of nitrogens with zero attached hydrogens (tertiary/aromatic N) is 1. The highest BCUT2D eigenvalue weighted by Crippen LogP contribution is 2.26. The topological polar surface area (TPSA) is 24.5 Å². The number of likely N-dealkylation sites (N-methyl/N-ethyl adjacent to an activating group) is 1. The minimum Gasteiger partial charge on any atom is -0.380 e. The van der Waals surface area contributed by atoms with E-state index in [1.54, 1.807) is 0 Å². The van der Waals surface area contributed by atoms with Gasteiger partial charge in [-0.2, -0.15) is 0 Å². The highest BCUT2D eigenvalue weighted by Gasteiger charge is 2.35. The summed E-state index contributed by atoms with van der Waals surface area (Å²) in [6, 6.07) is 1.42. The summed E-state index contributed by atoms with van der Waals surface area (Å²) >= 11 is 0. The normalized spacial score (nSPS) is 37.1. The SMILES string of the molecule is CC1CC(NCC2(C)COC2)CN1C. The lowest BCUT2D eigenvalue weighted by Gasteiger charge is -2.39. The zero-order valence-electron chi connectivity index (χ0n) is 9.55. The van der Waals surface area contributed by atoms with Crippen molar-refractivity contribution in [3.63, 3.8) is 0 Å². The number of rotatable bonds is 3. The van der Waals surface area contributed by atoms with Gasteiger partial charge in [0.25, 0.3) is 0 Å². The van der Waals surface area contributed by atoms with Crippen LogP contribution >= 0.6 is 0 Å². The molecule has 0 amide bonds. The van der Waals surface area contributed by atoms with Crippen LogP contribution in [-0.4, -0.2) is 50.3 Å². The molecule has 2 unspecified atom stereocenters. The summed E-state index contributed by atoms with van der Waals surface area (Å²) in [6.45, 7) is 8.76. The molecule has 14 heavy (non-hydrogen) atoms. The van der Waals surface area contributed by atoms with Gasteiger partial charge >= 0.3 is 0 Å². The first-order chi connectivity index (χ1) is 6.59. The molecule has 3 nitrogen and oxygen atoms in total. The molecule has 0 saturated carbocycles. The second-order valence-electron chi connectivity index (χ2n) is 5.41. The lowest BCUT2D eigenvalue weighted by molar-refractivity contribution is -0.0998. The molecular formula is C11H22N2O. The summed E-state index contributed by atoms with van der Waals surface area (Å²) in [5.74, 6) is 0. The van der Waals surface area contributed by atoms with Crippen molar-refractivity contribution in [2.75, 3.05) is 33.4 Å². The van der Waals surface area contributed by atoms with Crippen LogP contribution in [0, 0.1) is 5.41 Å². The van der Waals surface area contributed by atoms with Crippen LogP contribution in [0.1, 0.15) is 20.3 Å². The van der Waals surface area contributed by atoms with E-state index in [4.69, 9.17) is 4.74 Å². The maximum Gasteiger partial charge on any atom is 0.0554 e. The molecule has 2 heterocycles. The summed E-state index contributed by atoms with van der Waals surface area (Å²) in [5, 5.41) is 3.66. The van der Waals surface area contributed by atoms with Crippen LogP contribution in [0.5, 0.6) is 0 Å². The largest absolute Gasteiger partial charge is 0.380 e. The standard InChI is InChI=1S/C11H22N2O/c1-9-4-10(5-13(9)3)12-6-11(2)7-14-8-11/h9-10,12H,4-8H2,1-3H3. The Hall–Kier alpha value is -0.120. The summed E-state index contributed by atoms with van der Waals surface area (Å²) in [4.78, 5) is 2.43. The maximum absolute atomic E-state index is 5.24. The highest BCUT2D eigenvalue weighted by molar-refractivity contribution is 4.89. The van der Waals surface area contributed by atoms with E-state index in [0.29, 0.717) is 11.5 Å². The molecule has 82 valence electrons. The molecule has 2 rings (SSSR count). The van der Waals surface area contributed by atoms with Crippen molar-refractivity contribution in [3.8, 4) is 0 Å². The molecule has 2 atom stereocenters. The van der Waals surface area contributed by atoms with Gasteiger partial charge in [-0.25, -0.2) is 0 Å². The monoisotopic (exact) mass is 198 g/mol. The third-order valence-electron chi connectivity index (χ3n) is 3.61. The quantitative estimate of drug-likeness (QED) is 0.722. The van der Waals surface area contributed by atoms with E-state index in [1.807, 2.05) is 0 Å². The first-order valence-corrected chi connectivity index (χ1v) is 5.60. The van der Waals surface area contributed by atoms with Crippen LogP contribution in [0.25, 0.3) is 0 Å². The predicted molar refractivity (Wildman–Crippen MR) is 57.4 cm³/mol.